The molecule has 2 nitrogen and oxygen atoms in total. The van der Waals surface area contributed by atoms with Gasteiger partial charge in [0.2, 0.25) is 0 Å². The van der Waals surface area contributed by atoms with Crippen LogP contribution in [0.25, 0.3) is 0 Å². The number of halogens is 1. The van der Waals surface area contributed by atoms with E-state index in [1.807, 2.05) is 6.07 Å². The molecule has 2 rings (SSSR count). The van der Waals surface area contributed by atoms with Crippen LogP contribution < -0.4 is 0 Å². The van der Waals surface area contributed by atoms with E-state index in [2.05, 4.69) is 4.99 Å². The van der Waals surface area contributed by atoms with Crippen LogP contribution in [0, 0.1) is 5.82 Å². The molecule has 17 heavy (non-hydrogen) atoms. The van der Waals surface area contributed by atoms with Crippen molar-refractivity contribution in [1.82, 2.24) is 0 Å². The largest absolute Gasteiger partial charge is 0.299 e. The van der Waals surface area contributed by atoms with E-state index < -0.39 is 5.41 Å². The maximum atomic E-state index is 13.3. The fourth-order valence-electron chi connectivity index (χ4n) is 2.55. The van der Waals surface area contributed by atoms with Crippen molar-refractivity contribution in [1.29, 1.82) is 0 Å². The average molecular weight is 233 g/mol. The zero-order chi connectivity index (χ0) is 12.3. The molecule has 0 aliphatic heterocycles. The molecular weight excluding hydrogens is 217 g/mol. The third-order valence-corrected chi connectivity index (χ3v) is 3.41. The lowest BCUT2D eigenvalue weighted by Gasteiger charge is -2.32. The molecule has 0 amide bonds. The summed E-state index contributed by atoms with van der Waals surface area (Å²) in [5.74, 6) is -0.148. The summed E-state index contributed by atoms with van der Waals surface area (Å²) >= 11 is 0. The SMILES string of the molecule is CN=C[C@]1(c2cccc(F)c2)CCCCC1=O. The van der Waals surface area contributed by atoms with Crippen molar-refractivity contribution in [3.8, 4) is 0 Å². The van der Waals surface area contributed by atoms with Crippen molar-refractivity contribution >= 4 is 12.0 Å². The predicted molar refractivity (Wildman–Crippen MR) is 66.0 cm³/mol. The Kier molecular flexibility index (Phi) is 3.36. The first-order chi connectivity index (χ1) is 8.19. The lowest BCUT2D eigenvalue weighted by Crippen LogP contribution is -2.40. The molecule has 0 heterocycles. The van der Waals surface area contributed by atoms with Gasteiger partial charge in [-0.2, -0.15) is 0 Å². The highest BCUT2D eigenvalue weighted by molar-refractivity contribution is 6.06. The third-order valence-electron chi connectivity index (χ3n) is 3.41. The number of Topliss-reactive ketones (excluding diaryl/α,β-unsaturated/α-hetero) is 1. The van der Waals surface area contributed by atoms with Gasteiger partial charge in [0.1, 0.15) is 11.6 Å². The molecule has 0 N–H and O–H groups in total. The first-order valence-corrected chi connectivity index (χ1v) is 5.92. The highest BCUT2D eigenvalue weighted by Gasteiger charge is 2.39. The molecule has 1 saturated carbocycles. The van der Waals surface area contributed by atoms with Crippen molar-refractivity contribution < 1.29 is 9.18 Å². The van der Waals surface area contributed by atoms with Gasteiger partial charge in [-0.25, -0.2) is 4.39 Å². The lowest BCUT2D eigenvalue weighted by molar-refractivity contribution is -0.123. The van der Waals surface area contributed by atoms with Crippen LogP contribution in [0.2, 0.25) is 0 Å². The second kappa shape index (κ2) is 4.78. The number of benzene rings is 1. The lowest BCUT2D eigenvalue weighted by atomic mass is 9.69. The molecule has 1 atom stereocenters. The standard InChI is InChI=1S/C14H16FNO/c1-16-10-14(8-3-2-7-13(14)17)11-5-4-6-12(15)9-11/h4-6,9-10H,2-3,7-8H2,1H3/t14-/m0/s1. The van der Waals surface area contributed by atoms with Gasteiger partial charge in [-0.05, 0) is 30.5 Å². The quantitative estimate of drug-likeness (QED) is 0.722. The van der Waals surface area contributed by atoms with E-state index in [4.69, 9.17) is 0 Å². The van der Waals surface area contributed by atoms with Gasteiger partial charge >= 0.3 is 0 Å². The number of rotatable bonds is 2. The van der Waals surface area contributed by atoms with Gasteiger partial charge in [0.05, 0.1) is 5.41 Å². The van der Waals surface area contributed by atoms with Gasteiger partial charge in [-0.3, -0.25) is 9.79 Å². The molecule has 0 unspecified atom stereocenters. The number of carbonyl (C=O) groups is 1. The molecule has 1 aromatic carbocycles. The third kappa shape index (κ3) is 2.14. The first-order valence-electron chi connectivity index (χ1n) is 5.92. The minimum atomic E-state index is -0.699. The monoisotopic (exact) mass is 233 g/mol. The zero-order valence-corrected chi connectivity index (χ0v) is 9.95. The van der Waals surface area contributed by atoms with E-state index in [9.17, 15) is 9.18 Å². The second-order valence-electron chi connectivity index (χ2n) is 4.50. The Morgan fingerprint density at radius 1 is 1.41 bits per heavy atom. The van der Waals surface area contributed by atoms with Gasteiger partial charge in [0, 0.05) is 19.7 Å². The minimum absolute atomic E-state index is 0.153. The highest BCUT2D eigenvalue weighted by Crippen LogP contribution is 2.35. The van der Waals surface area contributed by atoms with Gasteiger partial charge in [-0.1, -0.05) is 18.6 Å². The maximum absolute atomic E-state index is 13.3. The number of carbonyl (C=O) groups excluding carboxylic acids is 1. The molecule has 0 bridgehead atoms. The van der Waals surface area contributed by atoms with Crippen LogP contribution >= 0.6 is 0 Å². The summed E-state index contributed by atoms with van der Waals surface area (Å²) in [5, 5.41) is 0. The van der Waals surface area contributed by atoms with E-state index in [-0.39, 0.29) is 11.6 Å². The second-order valence-corrected chi connectivity index (χ2v) is 4.50. The summed E-state index contributed by atoms with van der Waals surface area (Å²) in [6.07, 6.45) is 4.88. The van der Waals surface area contributed by atoms with Gasteiger partial charge in [0.15, 0.2) is 0 Å². The molecule has 1 aliphatic carbocycles. The Bertz CT molecular complexity index is 455. The number of hydrogen-bond donors (Lipinski definition) is 0. The van der Waals surface area contributed by atoms with Gasteiger partial charge < -0.3 is 0 Å². The average Bonchev–Trinajstić information content (AvgIpc) is 2.32. The van der Waals surface area contributed by atoms with E-state index in [1.165, 1.54) is 12.1 Å². The van der Waals surface area contributed by atoms with Crippen LogP contribution in [0.3, 0.4) is 0 Å². The molecule has 0 aromatic heterocycles. The van der Waals surface area contributed by atoms with Crippen molar-refractivity contribution in [3.63, 3.8) is 0 Å². The topological polar surface area (TPSA) is 29.4 Å². The molecule has 0 saturated heterocycles. The smallest absolute Gasteiger partial charge is 0.148 e. The van der Waals surface area contributed by atoms with Crippen LogP contribution in [-0.4, -0.2) is 19.0 Å². The van der Waals surface area contributed by atoms with Crippen molar-refractivity contribution in [2.45, 2.75) is 31.1 Å². The normalized spacial score (nSPS) is 25.4. The Hall–Kier alpha value is -1.51. The van der Waals surface area contributed by atoms with Crippen LogP contribution in [0.1, 0.15) is 31.2 Å². The van der Waals surface area contributed by atoms with E-state index in [0.29, 0.717) is 6.42 Å². The maximum Gasteiger partial charge on any atom is 0.148 e. The summed E-state index contributed by atoms with van der Waals surface area (Å²) < 4.78 is 13.3. The molecule has 1 fully saturated rings. The summed E-state index contributed by atoms with van der Waals surface area (Å²) in [6.45, 7) is 0. The van der Waals surface area contributed by atoms with Crippen molar-refractivity contribution in [2.75, 3.05) is 7.05 Å². The van der Waals surface area contributed by atoms with E-state index in [1.54, 1.807) is 19.3 Å². The molecule has 1 aromatic rings. The van der Waals surface area contributed by atoms with E-state index in [0.717, 1.165) is 24.8 Å². The minimum Gasteiger partial charge on any atom is -0.299 e. The van der Waals surface area contributed by atoms with Gasteiger partial charge in [0.25, 0.3) is 0 Å². The Morgan fingerprint density at radius 3 is 2.88 bits per heavy atom. The number of aliphatic imine (C=N–C) groups is 1. The molecule has 1 aliphatic rings. The van der Waals surface area contributed by atoms with Crippen LogP contribution in [0.15, 0.2) is 29.3 Å². The van der Waals surface area contributed by atoms with E-state index >= 15 is 0 Å². The molecule has 0 radical (unpaired) electrons. The van der Waals surface area contributed by atoms with Gasteiger partial charge in [-0.15, -0.1) is 0 Å². The van der Waals surface area contributed by atoms with Crippen molar-refractivity contribution in [2.24, 2.45) is 4.99 Å². The fraction of sp³-hybridized carbons (Fsp3) is 0.429. The number of hydrogen-bond acceptors (Lipinski definition) is 2. The molecular formula is C14H16FNO. The Morgan fingerprint density at radius 2 is 2.24 bits per heavy atom. The summed E-state index contributed by atoms with van der Waals surface area (Å²) in [6, 6.07) is 6.31. The Labute approximate surface area is 101 Å². The van der Waals surface area contributed by atoms with Crippen LogP contribution in [0.5, 0.6) is 0 Å². The highest BCUT2D eigenvalue weighted by atomic mass is 19.1. The molecule has 90 valence electrons. The summed E-state index contributed by atoms with van der Waals surface area (Å²) in [7, 11) is 1.66. The van der Waals surface area contributed by atoms with Crippen LogP contribution in [0.4, 0.5) is 4.39 Å². The predicted octanol–water partition coefficient (Wildman–Crippen LogP) is 2.91. The summed E-state index contributed by atoms with van der Waals surface area (Å²) in [5.41, 5.74) is 0.0301. The molecule has 0 spiro atoms. The fourth-order valence-corrected chi connectivity index (χ4v) is 2.55. The summed E-state index contributed by atoms with van der Waals surface area (Å²) in [4.78, 5) is 16.2. The Balaban J connectivity index is 2.50. The van der Waals surface area contributed by atoms with Crippen molar-refractivity contribution in [3.05, 3.63) is 35.6 Å². The first kappa shape index (κ1) is 12.0. The van der Waals surface area contributed by atoms with Crippen LogP contribution in [-0.2, 0) is 10.2 Å². The number of ketones is 1. The number of nitrogens with zero attached hydrogens (tertiary/aromatic N) is 1. The zero-order valence-electron chi connectivity index (χ0n) is 9.95. The molecule has 3 heteroatoms.